The number of ether oxygens (including phenoxy) is 1. The van der Waals surface area contributed by atoms with Gasteiger partial charge in [-0.1, -0.05) is 54.1 Å². The second-order valence-electron chi connectivity index (χ2n) is 5.57. The van der Waals surface area contributed by atoms with Crippen LogP contribution in [0.1, 0.15) is 29.7 Å². The van der Waals surface area contributed by atoms with Crippen LogP contribution in [0.15, 0.2) is 53.5 Å². The number of para-hydroxylation sites is 1. The summed E-state index contributed by atoms with van der Waals surface area (Å²) in [6.07, 6.45) is 0.515. The molecule has 1 heterocycles. The first-order valence-corrected chi connectivity index (χ1v) is 9.27. The maximum atomic E-state index is 12.6. The monoisotopic (exact) mass is 388 g/mol. The summed E-state index contributed by atoms with van der Waals surface area (Å²) in [6.45, 7) is 1.89. The largest absolute Gasteiger partial charge is 0.467 e. The van der Waals surface area contributed by atoms with Gasteiger partial charge in [0.15, 0.2) is 4.80 Å². The Balaban J connectivity index is 2.22. The van der Waals surface area contributed by atoms with E-state index >= 15 is 0 Å². The van der Waals surface area contributed by atoms with Crippen LogP contribution in [0.4, 0.5) is 0 Å². The molecule has 1 amide bonds. The van der Waals surface area contributed by atoms with Crippen LogP contribution in [0.3, 0.4) is 0 Å². The summed E-state index contributed by atoms with van der Waals surface area (Å²) in [6, 6.07) is 13.8. The van der Waals surface area contributed by atoms with Crippen LogP contribution in [0.2, 0.25) is 5.02 Å². The lowest BCUT2D eigenvalue weighted by molar-refractivity contribution is -0.144. The van der Waals surface area contributed by atoms with Gasteiger partial charge in [0.1, 0.15) is 6.04 Å². The van der Waals surface area contributed by atoms with E-state index in [-0.39, 0.29) is 5.97 Å². The molecule has 0 aliphatic rings. The number of thiazole rings is 1. The number of carbonyl (C=O) groups excluding carboxylic acids is 2. The third kappa shape index (κ3) is 3.43. The Morgan fingerprint density at radius 1 is 1.19 bits per heavy atom. The van der Waals surface area contributed by atoms with Gasteiger partial charge in [-0.3, -0.25) is 4.79 Å². The third-order valence-electron chi connectivity index (χ3n) is 4.01. The molecule has 0 fully saturated rings. The molecule has 0 aliphatic heterocycles. The summed E-state index contributed by atoms with van der Waals surface area (Å²) in [4.78, 5) is 29.6. The number of benzene rings is 2. The van der Waals surface area contributed by atoms with Crippen molar-refractivity contribution in [3.05, 3.63) is 63.9 Å². The molecule has 0 radical (unpaired) electrons. The zero-order valence-corrected chi connectivity index (χ0v) is 15.9. The number of nitrogens with zero attached hydrogens (tertiary/aromatic N) is 2. The molecule has 3 rings (SSSR count). The second kappa shape index (κ2) is 7.85. The normalized spacial score (nSPS) is 13.0. The van der Waals surface area contributed by atoms with E-state index in [9.17, 15) is 9.59 Å². The summed E-state index contributed by atoms with van der Waals surface area (Å²) in [7, 11) is 1.35. The first kappa shape index (κ1) is 18.4. The minimum absolute atomic E-state index is 0.323. The van der Waals surface area contributed by atoms with Gasteiger partial charge in [0.2, 0.25) is 0 Å². The van der Waals surface area contributed by atoms with Gasteiger partial charge in [-0.2, -0.15) is 4.99 Å². The van der Waals surface area contributed by atoms with Crippen molar-refractivity contribution in [1.82, 2.24) is 4.57 Å². The Hall–Kier alpha value is -2.44. The molecule has 134 valence electrons. The topological polar surface area (TPSA) is 60.7 Å². The average molecular weight is 389 g/mol. The molecule has 0 N–H and O–H groups in total. The third-order valence-corrected chi connectivity index (χ3v) is 5.37. The van der Waals surface area contributed by atoms with Crippen molar-refractivity contribution in [2.75, 3.05) is 7.11 Å². The quantitative estimate of drug-likeness (QED) is 0.628. The number of esters is 1. The predicted octanol–water partition coefficient (Wildman–Crippen LogP) is 4.22. The fourth-order valence-electron chi connectivity index (χ4n) is 2.74. The van der Waals surface area contributed by atoms with Gasteiger partial charge >= 0.3 is 5.97 Å². The number of methoxy groups -OCH3 is 1. The summed E-state index contributed by atoms with van der Waals surface area (Å²) in [5.41, 5.74) is 1.16. The first-order chi connectivity index (χ1) is 12.6. The highest BCUT2D eigenvalue weighted by molar-refractivity contribution is 7.16. The van der Waals surface area contributed by atoms with E-state index < -0.39 is 11.9 Å². The SMILES string of the molecule is CCC(C(=O)OC)n1c(=NC(=O)c2ccccc2Cl)sc2ccccc21. The minimum atomic E-state index is -0.561. The number of fused-ring (bicyclic) bond motifs is 1. The van der Waals surface area contributed by atoms with Crippen molar-refractivity contribution >= 4 is 45.0 Å². The molecule has 5 nitrogen and oxygen atoms in total. The van der Waals surface area contributed by atoms with Crippen molar-refractivity contribution in [1.29, 1.82) is 0 Å². The lowest BCUT2D eigenvalue weighted by atomic mass is 10.2. The van der Waals surface area contributed by atoms with Gasteiger partial charge in [-0.05, 0) is 30.7 Å². The van der Waals surface area contributed by atoms with Crippen LogP contribution in [-0.4, -0.2) is 23.6 Å². The molecule has 0 bridgehead atoms. The predicted molar refractivity (Wildman–Crippen MR) is 103 cm³/mol. The van der Waals surface area contributed by atoms with E-state index in [1.165, 1.54) is 18.4 Å². The zero-order chi connectivity index (χ0) is 18.7. The number of hydrogen-bond donors (Lipinski definition) is 0. The van der Waals surface area contributed by atoms with Crippen LogP contribution >= 0.6 is 22.9 Å². The molecule has 1 aromatic heterocycles. The minimum Gasteiger partial charge on any atom is -0.467 e. The lowest BCUT2D eigenvalue weighted by Gasteiger charge is -2.15. The van der Waals surface area contributed by atoms with Gasteiger partial charge in [0, 0.05) is 0 Å². The number of halogens is 1. The highest BCUT2D eigenvalue weighted by Gasteiger charge is 2.23. The molecular weight excluding hydrogens is 372 g/mol. The lowest BCUT2D eigenvalue weighted by Crippen LogP contribution is -2.28. The number of carbonyl (C=O) groups is 2. The van der Waals surface area contributed by atoms with Crippen molar-refractivity contribution in [2.45, 2.75) is 19.4 Å². The van der Waals surface area contributed by atoms with Crippen molar-refractivity contribution in [3.8, 4) is 0 Å². The number of aromatic nitrogens is 1. The number of hydrogen-bond acceptors (Lipinski definition) is 4. The molecule has 1 unspecified atom stereocenters. The van der Waals surface area contributed by atoms with Crippen LogP contribution < -0.4 is 4.80 Å². The Labute approximate surface area is 159 Å². The summed E-state index contributed by atoms with van der Waals surface area (Å²) >= 11 is 7.46. The highest BCUT2D eigenvalue weighted by Crippen LogP contribution is 2.23. The standard InChI is InChI=1S/C19H17ClN2O3S/c1-3-14(18(24)25-2)22-15-10-6-7-11-16(15)26-19(22)21-17(23)12-8-4-5-9-13(12)20/h4-11,14H,3H2,1-2H3. The van der Waals surface area contributed by atoms with E-state index in [1.807, 2.05) is 31.2 Å². The van der Waals surface area contributed by atoms with Gasteiger partial charge in [-0.25, -0.2) is 4.79 Å². The van der Waals surface area contributed by atoms with E-state index in [0.717, 1.165) is 10.2 Å². The molecule has 26 heavy (non-hydrogen) atoms. The maximum absolute atomic E-state index is 12.6. The molecule has 0 aliphatic carbocycles. The molecule has 0 spiro atoms. The second-order valence-corrected chi connectivity index (χ2v) is 6.98. The Morgan fingerprint density at radius 3 is 2.58 bits per heavy atom. The fraction of sp³-hybridized carbons (Fsp3) is 0.211. The van der Waals surface area contributed by atoms with Crippen LogP contribution in [0.5, 0.6) is 0 Å². The first-order valence-electron chi connectivity index (χ1n) is 8.08. The van der Waals surface area contributed by atoms with Crippen LogP contribution in [-0.2, 0) is 9.53 Å². The Morgan fingerprint density at radius 2 is 1.88 bits per heavy atom. The van der Waals surface area contributed by atoms with Crippen molar-refractivity contribution in [2.24, 2.45) is 4.99 Å². The smallest absolute Gasteiger partial charge is 0.328 e. The average Bonchev–Trinajstić information content (AvgIpc) is 3.00. The van der Waals surface area contributed by atoms with E-state index in [4.69, 9.17) is 16.3 Å². The molecule has 3 aromatic rings. The van der Waals surface area contributed by atoms with Crippen molar-refractivity contribution < 1.29 is 14.3 Å². The highest BCUT2D eigenvalue weighted by atomic mass is 35.5. The number of rotatable bonds is 4. The van der Waals surface area contributed by atoms with Crippen molar-refractivity contribution in [3.63, 3.8) is 0 Å². The van der Waals surface area contributed by atoms with E-state index in [2.05, 4.69) is 4.99 Å². The molecule has 0 saturated carbocycles. The zero-order valence-electron chi connectivity index (χ0n) is 14.3. The van der Waals surface area contributed by atoms with Gasteiger partial charge in [-0.15, -0.1) is 0 Å². The Bertz CT molecular complexity index is 1040. The molecule has 0 saturated heterocycles. The van der Waals surface area contributed by atoms with Crippen LogP contribution in [0, 0.1) is 0 Å². The molecular formula is C19H17ClN2O3S. The molecule has 7 heteroatoms. The summed E-state index contributed by atoms with van der Waals surface area (Å²) in [5, 5.41) is 0.342. The number of amides is 1. The van der Waals surface area contributed by atoms with Gasteiger partial charge in [0.05, 0.1) is 27.9 Å². The molecule has 2 aromatic carbocycles. The van der Waals surface area contributed by atoms with Crippen LogP contribution in [0.25, 0.3) is 10.2 Å². The molecule has 1 atom stereocenters. The fourth-order valence-corrected chi connectivity index (χ4v) is 4.03. The maximum Gasteiger partial charge on any atom is 0.328 e. The summed E-state index contributed by atoms with van der Waals surface area (Å²) < 4.78 is 7.63. The summed E-state index contributed by atoms with van der Waals surface area (Å²) in [5.74, 6) is -0.821. The Kier molecular flexibility index (Phi) is 5.54. The van der Waals surface area contributed by atoms with Gasteiger partial charge in [0.25, 0.3) is 5.91 Å². The van der Waals surface area contributed by atoms with Gasteiger partial charge < -0.3 is 9.30 Å². The van der Waals surface area contributed by atoms with E-state index in [0.29, 0.717) is 21.8 Å². The van der Waals surface area contributed by atoms with E-state index in [1.54, 1.807) is 28.8 Å².